The van der Waals surface area contributed by atoms with E-state index in [0.29, 0.717) is 172 Å². The molecule has 1 unspecified atom stereocenters. The average molecular weight is 711 g/mol. The molecule has 0 heterocycles. The Kier molecular flexibility index (Phi) is 49.9. The molecule has 17 nitrogen and oxygen atoms in total. The molecule has 0 spiro atoms. The van der Waals surface area contributed by atoms with Gasteiger partial charge in [0.15, 0.2) is 0 Å². The molecule has 17 heteroatoms. The van der Waals surface area contributed by atoms with Gasteiger partial charge in [0.2, 0.25) is 0 Å². The highest BCUT2D eigenvalue weighted by Crippen LogP contribution is 1.87. The molecule has 0 aliphatic heterocycles. The van der Waals surface area contributed by atoms with Crippen molar-refractivity contribution in [2.45, 2.75) is 13.0 Å². The Balaban J connectivity index is 0. The van der Waals surface area contributed by atoms with Gasteiger partial charge < -0.3 is 82.0 Å². The van der Waals surface area contributed by atoms with Gasteiger partial charge in [0, 0.05) is 0 Å². The molecule has 0 aromatic rings. The van der Waals surface area contributed by atoms with Gasteiger partial charge in [-0.2, -0.15) is 0 Å². The molecule has 292 valence electrons. The number of rotatable bonds is 41. The van der Waals surface area contributed by atoms with Gasteiger partial charge in [0.05, 0.1) is 198 Å². The van der Waals surface area contributed by atoms with Gasteiger partial charge in [-0.3, -0.25) is 0 Å². The van der Waals surface area contributed by atoms with E-state index in [2.05, 4.69) is 0 Å². The molecule has 4 N–H and O–H groups in total. The predicted octanol–water partition coefficient (Wildman–Crippen LogP) is -1.45. The maximum Gasteiger partial charge on any atom is 0.0742 e. The van der Waals surface area contributed by atoms with Gasteiger partial charge in [-0.15, -0.1) is 0 Å². The number of hydrogen-bond donors (Lipinski definition) is 4. The van der Waals surface area contributed by atoms with E-state index in [9.17, 15) is 0 Å². The van der Waals surface area contributed by atoms with Crippen LogP contribution in [0.1, 0.15) is 6.92 Å². The Bertz CT molecular complexity index is 497. The smallest absolute Gasteiger partial charge is 0.0742 e. The normalized spacial score (nSPS) is 11.9. The van der Waals surface area contributed by atoms with Crippen LogP contribution in [-0.2, 0) is 61.6 Å². The van der Waals surface area contributed by atoms with Crippen LogP contribution in [0.4, 0.5) is 0 Å². The van der Waals surface area contributed by atoms with Gasteiger partial charge in [0.1, 0.15) is 0 Å². The van der Waals surface area contributed by atoms with E-state index in [-0.39, 0.29) is 19.8 Å². The van der Waals surface area contributed by atoms with Crippen molar-refractivity contribution < 1.29 is 82.0 Å². The minimum atomic E-state index is -0.560. The fourth-order valence-electron chi connectivity index (χ4n) is 2.87. The molecule has 0 saturated heterocycles. The van der Waals surface area contributed by atoms with E-state index in [1.807, 2.05) is 0 Å². The van der Waals surface area contributed by atoms with Gasteiger partial charge in [0.25, 0.3) is 0 Å². The molecule has 1 atom stereocenters. The summed E-state index contributed by atoms with van der Waals surface area (Å²) < 4.78 is 69.7. The molecule has 0 aromatic carbocycles. The van der Waals surface area contributed by atoms with Gasteiger partial charge in [-0.25, -0.2) is 0 Å². The summed E-state index contributed by atoms with van der Waals surface area (Å²) >= 11 is 0. The summed E-state index contributed by atoms with van der Waals surface area (Å²) in [5.74, 6) is 0. The summed E-state index contributed by atoms with van der Waals surface area (Å²) in [4.78, 5) is 0. The number of aliphatic hydroxyl groups excluding tert-OH is 4. The highest BCUT2D eigenvalue weighted by molar-refractivity contribution is 4.39. The fraction of sp³-hybridized carbons (Fsp3) is 1.00. The van der Waals surface area contributed by atoms with Crippen molar-refractivity contribution in [3.05, 3.63) is 0 Å². The molecular formula is C31H66O17. The van der Waals surface area contributed by atoms with E-state index in [1.165, 1.54) is 6.92 Å². The van der Waals surface area contributed by atoms with E-state index >= 15 is 0 Å². The Morgan fingerprint density at radius 3 is 0.458 bits per heavy atom. The van der Waals surface area contributed by atoms with Crippen molar-refractivity contribution >= 4 is 0 Å². The van der Waals surface area contributed by atoms with Crippen LogP contribution in [0.15, 0.2) is 0 Å². The predicted molar refractivity (Wildman–Crippen MR) is 174 cm³/mol. The highest BCUT2D eigenvalue weighted by Gasteiger charge is 1.97. The zero-order valence-electron chi connectivity index (χ0n) is 29.2. The maximum absolute atomic E-state index is 8.57. The Labute approximate surface area is 286 Å². The monoisotopic (exact) mass is 710 g/mol. The summed E-state index contributed by atoms with van der Waals surface area (Å²) in [6, 6.07) is 0. The van der Waals surface area contributed by atoms with Gasteiger partial charge >= 0.3 is 0 Å². The van der Waals surface area contributed by atoms with E-state index in [0.717, 1.165) is 0 Å². The van der Waals surface area contributed by atoms with E-state index < -0.39 is 6.10 Å². The van der Waals surface area contributed by atoms with Crippen LogP contribution >= 0.6 is 0 Å². The summed E-state index contributed by atoms with van der Waals surface area (Å²) in [6.45, 7) is 14.0. The first-order valence-corrected chi connectivity index (χ1v) is 16.7. The zero-order chi connectivity index (χ0) is 35.3. The molecule has 0 saturated carbocycles. The maximum atomic E-state index is 8.57. The molecule has 48 heavy (non-hydrogen) atoms. The van der Waals surface area contributed by atoms with Crippen LogP contribution in [0, 0.1) is 0 Å². The third-order valence-corrected chi connectivity index (χ3v) is 5.20. The number of hydrogen-bond acceptors (Lipinski definition) is 17. The highest BCUT2D eigenvalue weighted by atomic mass is 16.6. The van der Waals surface area contributed by atoms with Gasteiger partial charge in [-0.1, -0.05) is 0 Å². The Hall–Kier alpha value is -0.680. The summed E-state index contributed by atoms with van der Waals surface area (Å²) in [7, 11) is 0. The lowest BCUT2D eigenvalue weighted by Gasteiger charge is -2.09. The van der Waals surface area contributed by atoms with Crippen molar-refractivity contribution in [1.29, 1.82) is 0 Å². The fourth-order valence-corrected chi connectivity index (χ4v) is 2.87. The van der Waals surface area contributed by atoms with Gasteiger partial charge in [-0.05, 0) is 6.92 Å². The first-order chi connectivity index (χ1) is 23.7. The van der Waals surface area contributed by atoms with Crippen LogP contribution in [0.3, 0.4) is 0 Å². The standard InChI is InChI=1S/C28H58O15.C3H8O2/c29-1-3-31-5-7-33-9-11-35-13-15-37-17-19-39-21-23-41-25-27-43-28-26-42-24-22-40-20-18-38-16-14-36-12-10-34-8-6-32-4-2-30;1-3(5)2-4/h29-30H,1-28H2;3-5H,2H2,1H3. The molecule has 0 rings (SSSR count). The summed E-state index contributed by atoms with van der Waals surface area (Å²) in [5.41, 5.74) is 0. The van der Waals surface area contributed by atoms with Crippen molar-refractivity contribution in [3.8, 4) is 0 Å². The topological polar surface area (TPSA) is 201 Å². The van der Waals surface area contributed by atoms with Crippen LogP contribution in [-0.4, -0.2) is 218 Å². The second kappa shape index (κ2) is 48.4. The van der Waals surface area contributed by atoms with Crippen LogP contribution in [0.25, 0.3) is 0 Å². The SMILES string of the molecule is CC(O)CO.OCCOCCOCCOCCOCCOCCOCCOCCOCCOCCOCCOCCOCCOCCO. The van der Waals surface area contributed by atoms with Crippen molar-refractivity contribution in [2.24, 2.45) is 0 Å². The minimum absolute atomic E-state index is 0.0234. The molecule has 0 radical (unpaired) electrons. The second-order valence-corrected chi connectivity index (χ2v) is 9.44. The van der Waals surface area contributed by atoms with E-state index in [1.54, 1.807) is 0 Å². The zero-order valence-corrected chi connectivity index (χ0v) is 29.2. The summed E-state index contributed by atoms with van der Waals surface area (Å²) in [5, 5.41) is 33.1. The van der Waals surface area contributed by atoms with Crippen molar-refractivity contribution in [2.75, 3.05) is 192 Å². The molecule has 0 bridgehead atoms. The first-order valence-electron chi connectivity index (χ1n) is 16.7. The van der Waals surface area contributed by atoms with E-state index in [4.69, 9.17) is 82.0 Å². The molecular weight excluding hydrogens is 644 g/mol. The molecule has 0 aliphatic carbocycles. The molecule has 0 fully saturated rings. The number of ether oxygens (including phenoxy) is 13. The third kappa shape index (κ3) is 52.1. The Morgan fingerprint density at radius 1 is 0.271 bits per heavy atom. The van der Waals surface area contributed by atoms with Crippen molar-refractivity contribution in [1.82, 2.24) is 0 Å². The lowest BCUT2D eigenvalue weighted by Crippen LogP contribution is -2.15. The second-order valence-electron chi connectivity index (χ2n) is 9.44. The quantitative estimate of drug-likeness (QED) is 0.0537. The third-order valence-electron chi connectivity index (χ3n) is 5.20. The molecule has 0 aliphatic rings. The lowest BCUT2D eigenvalue weighted by molar-refractivity contribution is -0.0294. The number of aliphatic hydroxyl groups is 4. The average Bonchev–Trinajstić information content (AvgIpc) is 3.09. The summed E-state index contributed by atoms with van der Waals surface area (Å²) in [6.07, 6.45) is -0.560. The minimum Gasteiger partial charge on any atom is -0.394 e. The van der Waals surface area contributed by atoms with Crippen molar-refractivity contribution in [3.63, 3.8) is 0 Å². The Morgan fingerprint density at radius 2 is 0.375 bits per heavy atom. The largest absolute Gasteiger partial charge is 0.394 e. The molecule has 0 aromatic heterocycles. The molecule has 0 amide bonds. The first kappa shape index (κ1) is 49.4. The van der Waals surface area contributed by atoms with Crippen LogP contribution < -0.4 is 0 Å². The lowest BCUT2D eigenvalue weighted by atomic mass is 10.5. The van der Waals surface area contributed by atoms with Crippen LogP contribution in [0.5, 0.6) is 0 Å². The van der Waals surface area contributed by atoms with Crippen LogP contribution in [0.2, 0.25) is 0 Å².